The summed E-state index contributed by atoms with van der Waals surface area (Å²) in [6, 6.07) is 11.7. The van der Waals surface area contributed by atoms with Crippen molar-refractivity contribution in [3.63, 3.8) is 0 Å². The molecule has 2 atom stereocenters. The van der Waals surface area contributed by atoms with Crippen molar-refractivity contribution in [1.29, 1.82) is 0 Å². The maximum Gasteiger partial charge on any atom is 0.287 e. The number of furan rings is 1. The summed E-state index contributed by atoms with van der Waals surface area (Å²) in [5.41, 5.74) is 0.804. The SMILES string of the molecule is O=C(NC[C@@H]1CCCN2CCCC[C@H]12)c1ccc(-c2ccccc2Cl)o1. The highest BCUT2D eigenvalue weighted by Crippen LogP contribution is 2.31. The number of rotatable bonds is 4. The van der Waals surface area contributed by atoms with Gasteiger partial charge in [-0.2, -0.15) is 0 Å². The van der Waals surface area contributed by atoms with Gasteiger partial charge in [0.05, 0.1) is 5.02 Å². The number of amides is 1. The molecule has 4 nitrogen and oxygen atoms in total. The van der Waals surface area contributed by atoms with Crippen LogP contribution in [0, 0.1) is 5.92 Å². The molecule has 2 fully saturated rings. The van der Waals surface area contributed by atoms with Crippen molar-refractivity contribution in [1.82, 2.24) is 10.2 Å². The molecule has 0 bridgehead atoms. The second kappa shape index (κ2) is 7.85. The van der Waals surface area contributed by atoms with E-state index in [1.807, 2.05) is 24.3 Å². The van der Waals surface area contributed by atoms with Crippen LogP contribution in [0.4, 0.5) is 0 Å². The number of fused-ring (bicyclic) bond motifs is 1. The summed E-state index contributed by atoms with van der Waals surface area (Å²) in [6.07, 6.45) is 6.31. The minimum Gasteiger partial charge on any atom is -0.451 e. The number of benzene rings is 1. The summed E-state index contributed by atoms with van der Waals surface area (Å²) < 4.78 is 5.75. The van der Waals surface area contributed by atoms with Crippen LogP contribution in [0.15, 0.2) is 40.8 Å². The number of hydrogen-bond acceptors (Lipinski definition) is 3. The fourth-order valence-corrected chi connectivity index (χ4v) is 4.62. The molecule has 0 aliphatic carbocycles. The van der Waals surface area contributed by atoms with Crippen LogP contribution in [-0.2, 0) is 0 Å². The lowest BCUT2D eigenvalue weighted by Crippen LogP contribution is -2.50. The zero-order valence-corrected chi connectivity index (χ0v) is 15.7. The standard InChI is InChI=1S/C21H25ClN2O2/c22-17-8-2-1-7-16(17)19-10-11-20(26-19)21(25)23-14-15-6-5-13-24-12-4-3-9-18(15)24/h1-2,7-8,10-11,15,18H,3-6,9,12-14H2,(H,23,25)/t15-,18+/m0/s1. The van der Waals surface area contributed by atoms with E-state index in [1.165, 1.54) is 45.2 Å². The Morgan fingerprint density at radius 3 is 2.85 bits per heavy atom. The topological polar surface area (TPSA) is 45.5 Å². The van der Waals surface area contributed by atoms with Crippen LogP contribution in [0.1, 0.15) is 42.7 Å². The van der Waals surface area contributed by atoms with Gasteiger partial charge in [-0.1, -0.05) is 30.2 Å². The summed E-state index contributed by atoms with van der Waals surface area (Å²) in [7, 11) is 0. The Bertz CT molecular complexity index is 771. The molecule has 2 saturated heterocycles. The first kappa shape index (κ1) is 17.6. The molecule has 1 aromatic heterocycles. The van der Waals surface area contributed by atoms with Crippen LogP contribution in [0.3, 0.4) is 0 Å². The smallest absolute Gasteiger partial charge is 0.287 e. The molecule has 1 N–H and O–H groups in total. The Morgan fingerprint density at radius 2 is 1.96 bits per heavy atom. The molecule has 2 aromatic rings. The normalized spacial score (nSPS) is 23.4. The van der Waals surface area contributed by atoms with E-state index in [2.05, 4.69) is 10.2 Å². The van der Waals surface area contributed by atoms with Gasteiger partial charge in [-0.05, 0) is 69.0 Å². The van der Waals surface area contributed by atoms with Crippen LogP contribution in [-0.4, -0.2) is 36.5 Å². The lowest BCUT2D eigenvalue weighted by molar-refractivity contribution is 0.0571. The average Bonchev–Trinajstić information content (AvgIpc) is 3.16. The fourth-order valence-electron chi connectivity index (χ4n) is 4.39. The van der Waals surface area contributed by atoms with Gasteiger partial charge < -0.3 is 14.6 Å². The average molecular weight is 373 g/mol. The van der Waals surface area contributed by atoms with Gasteiger partial charge >= 0.3 is 0 Å². The lowest BCUT2D eigenvalue weighted by Gasteiger charge is -2.44. The third kappa shape index (κ3) is 3.67. The first-order chi connectivity index (χ1) is 12.7. The number of nitrogens with zero attached hydrogens (tertiary/aromatic N) is 1. The first-order valence-corrected chi connectivity index (χ1v) is 9.97. The van der Waals surface area contributed by atoms with Crippen molar-refractivity contribution in [2.45, 2.75) is 38.1 Å². The molecule has 138 valence electrons. The molecule has 0 saturated carbocycles. The summed E-state index contributed by atoms with van der Waals surface area (Å²) in [4.78, 5) is 15.1. The van der Waals surface area contributed by atoms with Crippen molar-refractivity contribution in [2.75, 3.05) is 19.6 Å². The van der Waals surface area contributed by atoms with E-state index >= 15 is 0 Å². The Balaban J connectivity index is 1.39. The molecular formula is C21H25ClN2O2. The predicted octanol–water partition coefficient (Wildman–Crippen LogP) is 4.59. The minimum atomic E-state index is -0.142. The van der Waals surface area contributed by atoms with Crippen molar-refractivity contribution in [2.24, 2.45) is 5.92 Å². The highest BCUT2D eigenvalue weighted by atomic mass is 35.5. The predicted molar refractivity (Wildman–Crippen MR) is 103 cm³/mol. The van der Waals surface area contributed by atoms with Crippen molar-refractivity contribution in [3.8, 4) is 11.3 Å². The maximum atomic E-state index is 12.5. The van der Waals surface area contributed by atoms with Crippen molar-refractivity contribution in [3.05, 3.63) is 47.2 Å². The minimum absolute atomic E-state index is 0.142. The molecule has 0 radical (unpaired) electrons. The van der Waals surface area contributed by atoms with Crippen LogP contribution in [0.2, 0.25) is 5.02 Å². The molecule has 4 rings (SSSR count). The number of carbonyl (C=O) groups is 1. The van der Waals surface area contributed by atoms with Gasteiger partial charge in [0.15, 0.2) is 5.76 Å². The number of carbonyl (C=O) groups excluding carboxylic acids is 1. The lowest BCUT2D eigenvalue weighted by atomic mass is 9.83. The van der Waals surface area contributed by atoms with Gasteiger partial charge in [0.2, 0.25) is 0 Å². The number of hydrogen-bond donors (Lipinski definition) is 1. The molecule has 0 unspecified atom stereocenters. The first-order valence-electron chi connectivity index (χ1n) is 9.59. The van der Waals surface area contributed by atoms with Gasteiger partial charge in [0.25, 0.3) is 5.91 Å². The van der Waals surface area contributed by atoms with E-state index in [0.717, 1.165) is 12.1 Å². The van der Waals surface area contributed by atoms with Crippen LogP contribution < -0.4 is 5.32 Å². The summed E-state index contributed by atoms with van der Waals surface area (Å²) in [6.45, 7) is 3.16. The Morgan fingerprint density at radius 1 is 1.12 bits per heavy atom. The molecule has 0 spiro atoms. The van der Waals surface area contributed by atoms with E-state index in [-0.39, 0.29) is 5.91 Å². The van der Waals surface area contributed by atoms with Gasteiger partial charge in [0.1, 0.15) is 5.76 Å². The van der Waals surface area contributed by atoms with Gasteiger partial charge in [-0.3, -0.25) is 4.79 Å². The molecule has 5 heteroatoms. The molecule has 1 aromatic carbocycles. The summed E-state index contributed by atoms with van der Waals surface area (Å²) in [5.74, 6) is 1.37. The van der Waals surface area contributed by atoms with Crippen LogP contribution >= 0.6 is 11.6 Å². The van der Waals surface area contributed by atoms with E-state index in [1.54, 1.807) is 12.1 Å². The largest absolute Gasteiger partial charge is 0.451 e. The van der Waals surface area contributed by atoms with Gasteiger partial charge in [-0.25, -0.2) is 0 Å². The zero-order valence-electron chi connectivity index (χ0n) is 14.9. The van der Waals surface area contributed by atoms with E-state index in [9.17, 15) is 4.79 Å². The zero-order chi connectivity index (χ0) is 17.9. The molecule has 3 heterocycles. The van der Waals surface area contributed by atoms with Gasteiger partial charge in [0, 0.05) is 18.2 Å². The molecule has 2 aliphatic heterocycles. The Hall–Kier alpha value is -1.78. The summed E-state index contributed by atoms with van der Waals surface area (Å²) in [5, 5.41) is 3.71. The number of piperidine rings is 2. The number of halogens is 1. The summed E-state index contributed by atoms with van der Waals surface area (Å²) >= 11 is 6.21. The third-order valence-corrected chi connectivity index (χ3v) is 6.05. The number of nitrogens with one attached hydrogen (secondary N) is 1. The molecule has 1 amide bonds. The van der Waals surface area contributed by atoms with Crippen molar-refractivity contribution >= 4 is 17.5 Å². The quantitative estimate of drug-likeness (QED) is 0.853. The Labute approximate surface area is 159 Å². The van der Waals surface area contributed by atoms with E-state index < -0.39 is 0 Å². The molecule has 2 aliphatic rings. The highest BCUT2D eigenvalue weighted by molar-refractivity contribution is 6.33. The van der Waals surface area contributed by atoms with Crippen LogP contribution in [0.5, 0.6) is 0 Å². The van der Waals surface area contributed by atoms with E-state index in [4.69, 9.17) is 16.0 Å². The van der Waals surface area contributed by atoms with Gasteiger partial charge in [-0.15, -0.1) is 0 Å². The van der Waals surface area contributed by atoms with Crippen LogP contribution in [0.25, 0.3) is 11.3 Å². The third-order valence-electron chi connectivity index (χ3n) is 5.72. The second-order valence-corrected chi connectivity index (χ2v) is 7.76. The van der Waals surface area contributed by atoms with Crippen molar-refractivity contribution < 1.29 is 9.21 Å². The molecular weight excluding hydrogens is 348 g/mol. The highest BCUT2D eigenvalue weighted by Gasteiger charge is 2.33. The van der Waals surface area contributed by atoms with E-state index in [0.29, 0.717) is 28.5 Å². The second-order valence-electron chi connectivity index (χ2n) is 7.36. The Kier molecular flexibility index (Phi) is 5.32. The monoisotopic (exact) mass is 372 g/mol. The maximum absolute atomic E-state index is 12.5. The molecule has 26 heavy (non-hydrogen) atoms. The fraction of sp³-hybridized carbons (Fsp3) is 0.476.